The van der Waals surface area contributed by atoms with E-state index in [0.29, 0.717) is 43.6 Å². The van der Waals surface area contributed by atoms with Crippen molar-refractivity contribution in [2.45, 2.75) is 26.5 Å². The fourth-order valence-corrected chi connectivity index (χ4v) is 5.02. The van der Waals surface area contributed by atoms with E-state index in [1.165, 1.54) is 31.0 Å². The zero-order valence-corrected chi connectivity index (χ0v) is 23.4. The second-order valence-corrected chi connectivity index (χ2v) is 10.2. The van der Waals surface area contributed by atoms with Crippen molar-refractivity contribution in [3.05, 3.63) is 87.3 Å². The van der Waals surface area contributed by atoms with E-state index < -0.39 is 5.97 Å². The fourth-order valence-electron chi connectivity index (χ4n) is 3.76. The van der Waals surface area contributed by atoms with Gasteiger partial charge in [-0.2, -0.15) is 0 Å². The van der Waals surface area contributed by atoms with E-state index in [1.807, 2.05) is 13.8 Å². The molecule has 1 aliphatic rings. The maximum absolute atomic E-state index is 13.6. The number of aromatic carboxylic acids is 1. The topological polar surface area (TPSA) is 97.7 Å². The first-order valence-corrected chi connectivity index (χ1v) is 13.2. The lowest BCUT2D eigenvalue weighted by Gasteiger charge is -2.16. The Morgan fingerprint density at radius 3 is 2.36 bits per heavy atom. The molecule has 39 heavy (non-hydrogen) atoms. The van der Waals surface area contributed by atoms with Crippen LogP contribution in [0.2, 0.25) is 5.02 Å². The zero-order valence-electron chi connectivity index (χ0n) is 21.8. The Kier molecular flexibility index (Phi) is 8.83. The maximum Gasteiger partial charge on any atom is 0.335 e. The average molecular weight is 567 g/mol. The number of aliphatic imine (C=N–C) groups is 1. The van der Waals surface area contributed by atoms with Gasteiger partial charge in [-0.15, -0.1) is 0 Å². The lowest BCUT2D eigenvalue weighted by Crippen LogP contribution is -2.28. The van der Waals surface area contributed by atoms with Crippen molar-refractivity contribution in [1.29, 1.82) is 0 Å². The number of hydrogen-bond acceptors (Lipinski definition) is 7. The number of carbonyl (C=O) groups is 2. The minimum absolute atomic E-state index is 0.0950. The van der Waals surface area contributed by atoms with Gasteiger partial charge in [0.1, 0.15) is 5.75 Å². The Morgan fingerprint density at radius 1 is 1.08 bits per heavy atom. The Bertz CT molecular complexity index is 1440. The van der Waals surface area contributed by atoms with Gasteiger partial charge in [0.25, 0.3) is 5.91 Å². The highest BCUT2D eigenvalue weighted by molar-refractivity contribution is 8.18. The van der Waals surface area contributed by atoms with E-state index in [0.717, 1.165) is 5.56 Å². The van der Waals surface area contributed by atoms with Crippen LogP contribution in [0.4, 0.5) is 5.69 Å². The highest BCUT2D eigenvalue weighted by atomic mass is 35.5. The van der Waals surface area contributed by atoms with Crippen LogP contribution in [-0.4, -0.2) is 47.4 Å². The van der Waals surface area contributed by atoms with Crippen molar-refractivity contribution in [2.75, 3.05) is 14.2 Å². The number of benzene rings is 3. The molecule has 0 radical (unpaired) electrons. The first kappa shape index (κ1) is 28.1. The number of amidine groups is 1. The quantitative estimate of drug-likeness (QED) is 0.290. The molecule has 1 saturated heterocycles. The van der Waals surface area contributed by atoms with Crippen molar-refractivity contribution in [3.63, 3.8) is 0 Å². The number of ether oxygens (including phenoxy) is 3. The van der Waals surface area contributed by atoms with Gasteiger partial charge < -0.3 is 19.3 Å². The summed E-state index contributed by atoms with van der Waals surface area (Å²) < 4.78 is 16.5. The summed E-state index contributed by atoms with van der Waals surface area (Å²) in [4.78, 5) is 31.6. The summed E-state index contributed by atoms with van der Waals surface area (Å²) in [6.45, 7) is 4.00. The third-order valence-electron chi connectivity index (χ3n) is 5.63. The number of nitrogens with zero attached hydrogens (tertiary/aromatic N) is 2. The van der Waals surface area contributed by atoms with E-state index in [4.69, 9.17) is 30.8 Å². The van der Waals surface area contributed by atoms with Crippen molar-refractivity contribution in [3.8, 4) is 17.2 Å². The molecule has 4 rings (SSSR count). The molecule has 3 aromatic carbocycles. The number of carbonyl (C=O) groups excluding carboxylic acids is 1. The third-order valence-corrected chi connectivity index (χ3v) is 6.92. The van der Waals surface area contributed by atoms with Crippen LogP contribution in [0.15, 0.2) is 70.6 Å². The normalized spacial score (nSPS) is 15.3. The molecule has 0 aliphatic carbocycles. The number of amides is 1. The third kappa shape index (κ3) is 6.74. The van der Waals surface area contributed by atoms with Crippen LogP contribution in [0, 0.1) is 0 Å². The monoisotopic (exact) mass is 566 g/mol. The summed E-state index contributed by atoms with van der Waals surface area (Å²) in [6.07, 6.45) is 1.64. The van der Waals surface area contributed by atoms with Gasteiger partial charge in [0, 0.05) is 0 Å². The largest absolute Gasteiger partial charge is 0.497 e. The predicted octanol–water partition coefficient (Wildman–Crippen LogP) is 6.65. The molecule has 0 aromatic heterocycles. The molecule has 202 valence electrons. The molecule has 1 N–H and O–H groups in total. The number of hydrogen-bond donors (Lipinski definition) is 1. The highest BCUT2D eigenvalue weighted by Crippen LogP contribution is 2.40. The van der Waals surface area contributed by atoms with Gasteiger partial charge in [0.05, 0.1) is 48.0 Å². The lowest BCUT2D eigenvalue weighted by atomic mass is 10.1. The maximum atomic E-state index is 13.6. The summed E-state index contributed by atoms with van der Waals surface area (Å²) in [7, 11) is 3.12. The zero-order chi connectivity index (χ0) is 28.1. The van der Waals surface area contributed by atoms with Gasteiger partial charge in [0.2, 0.25) is 0 Å². The van der Waals surface area contributed by atoms with Gasteiger partial charge in [-0.25, -0.2) is 9.79 Å². The van der Waals surface area contributed by atoms with Gasteiger partial charge >= 0.3 is 5.97 Å². The van der Waals surface area contributed by atoms with E-state index in [9.17, 15) is 14.7 Å². The minimum Gasteiger partial charge on any atom is -0.497 e. The Morgan fingerprint density at radius 2 is 1.77 bits per heavy atom. The summed E-state index contributed by atoms with van der Waals surface area (Å²) in [6, 6.07) is 17.1. The summed E-state index contributed by atoms with van der Waals surface area (Å²) in [5.41, 5.74) is 2.25. The predicted molar refractivity (Wildman–Crippen MR) is 153 cm³/mol. The van der Waals surface area contributed by atoms with Crippen LogP contribution in [0.5, 0.6) is 17.2 Å². The average Bonchev–Trinajstić information content (AvgIpc) is 3.19. The van der Waals surface area contributed by atoms with Crippen molar-refractivity contribution < 1.29 is 28.9 Å². The lowest BCUT2D eigenvalue weighted by molar-refractivity contribution is -0.122. The van der Waals surface area contributed by atoms with Gasteiger partial charge in [0.15, 0.2) is 16.7 Å². The van der Waals surface area contributed by atoms with Crippen LogP contribution in [0.3, 0.4) is 0 Å². The minimum atomic E-state index is -1.01. The number of methoxy groups -OCH3 is 2. The van der Waals surface area contributed by atoms with Crippen LogP contribution in [0.1, 0.15) is 35.3 Å². The summed E-state index contributed by atoms with van der Waals surface area (Å²) in [5, 5.41) is 10.1. The standard InChI is InChI=1S/C29H27ClN2O6S/c1-17(2)38-26-23(30)13-19(14-24(26)37-4)15-25-27(33)32(16-18-5-7-20(8-6-18)28(34)35)29(39-25)31-21-9-11-22(36-3)12-10-21/h5-15,17H,16H2,1-4H3,(H,34,35)/b25-15-,31-29?. The number of halogens is 1. The molecule has 1 fully saturated rings. The van der Waals surface area contributed by atoms with Crippen LogP contribution >= 0.6 is 23.4 Å². The molecule has 1 heterocycles. The molecule has 0 saturated carbocycles. The van der Waals surface area contributed by atoms with E-state index in [-0.39, 0.29) is 24.1 Å². The molecule has 0 spiro atoms. The second-order valence-electron chi connectivity index (χ2n) is 8.80. The van der Waals surface area contributed by atoms with E-state index in [2.05, 4.69) is 0 Å². The fraction of sp³-hybridized carbons (Fsp3) is 0.207. The van der Waals surface area contributed by atoms with Crippen LogP contribution in [-0.2, 0) is 11.3 Å². The molecule has 0 atom stereocenters. The number of rotatable bonds is 9. The molecule has 0 bridgehead atoms. The Hall–Kier alpha value is -3.95. The highest BCUT2D eigenvalue weighted by Gasteiger charge is 2.33. The summed E-state index contributed by atoms with van der Waals surface area (Å²) >= 11 is 7.73. The van der Waals surface area contributed by atoms with Crippen LogP contribution < -0.4 is 14.2 Å². The van der Waals surface area contributed by atoms with E-state index in [1.54, 1.807) is 66.6 Å². The molecule has 10 heteroatoms. The number of thioether (sulfide) groups is 1. The van der Waals surface area contributed by atoms with Gasteiger partial charge in [-0.1, -0.05) is 23.7 Å². The van der Waals surface area contributed by atoms with Crippen LogP contribution in [0.25, 0.3) is 6.08 Å². The molecule has 8 nitrogen and oxygen atoms in total. The first-order chi connectivity index (χ1) is 18.7. The van der Waals surface area contributed by atoms with E-state index >= 15 is 0 Å². The van der Waals surface area contributed by atoms with Gasteiger partial charge in [-0.05, 0) is 91.3 Å². The number of carboxylic acids is 1. The van der Waals surface area contributed by atoms with Crippen molar-refractivity contribution >= 4 is 52.2 Å². The second kappa shape index (κ2) is 12.3. The molecule has 0 unspecified atom stereocenters. The smallest absolute Gasteiger partial charge is 0.335 e. The van der Waals surface area contributed by atoms with Crippen molar-refractivity contribution in [2.24, 2.45) is 4.99 Å². The molecule has 3 aromatic rings. The molecular weight excluding hydrogens is 540 g/mol. The SMILES string of the molecule is COc1ccc(N=C2S/C(=C\c3cc(Cl)c(OC(C)C)c(OC)c3)C(=O)N2Cc2ccc(C(=O)O)cc2)cc1. The van der Waals surface area contributed by atoms with Gasteiger partial charge in [-0.3, -0.25) is 9.69 Å². The Labute approximate surface area is 235 Å². The molecular formula is C29H27ClN2O6S. The summed E-state index contributed by atoms with van der Waals surface area (Å²) in [5.74, 6) is 0.337. The molecule has 1 amide bonds. The molecule has 1 aliphatic heterocycles. The van der Waals surface area contributed by atoms with Crippen molar-refractivity contribution in [1.82, 2.24) is 4.90 Å². The Balaban J connectivity index is 1.70. The number of carboxylic acid groups (broad SMARTS) is 1. The first-order valence-electron chi connectivity index (χ1n) is 12.0.